The second kappa shape index (κ2) is 9.24. The minimum absolute atomic E-state index is 0.0343. The molecule has 0 saturated carbocycles. The van der Waals surface area contributed by atoms with Gasteiger partial charge in [0.25, 0.3) is 11.7 Å². The fraction of sp³-hybridized carbons (Fsp3) is 0.259. The number of aliphatic hydroxyl groups excluding tert-OH is 1. The third-order valence-electron chi connectivity index (χ3n) is 5.57. The van der Waals surface area contributed by atoms with Crippen molar-refractivity contribution in [2.24, 2.45) is 0 Å². The number of ketones is 1. The first-order valence-corrected chi connectivity index (χ1v) is 11.9. The lowest BCUT2D eigenvalue weighted by molar-refractivity contribution is -0.132. The van der Waals surface area contributed by atoms with Gasteiger partial charge in [0.15, 0.2) is 0 Å². The number of hydrogen-bond donors (Lipinski definition) is 1. The quantitative estimate of drug-likeness (QED) is 0.266. The summed E-state index contributed by atoms with van der Waals surface area (Å²) in [5.74, 6) is -0.624. The molecule has 1 atom stereocenters. The summed E-state index contributed by atoms with van der Waals surface area (Å²) in [5.41, 5.74) is 2.28. The van der Waals surface area contributed by atoms with E-state index in [2.05, 4.69) is 13.8 Å². The van der Waals surface area contributed by atoms with E-state index in [1.54, 1.807) is 24.3 Å². The standard InChI is InChI=1S/C27H27NO4S/c1-16(2)18-10-12-20(13-11-18)28-24(22-9-6-14-33-22)23(26(30)27(28)31)25(29)19-7-5-8-21(15-19)32-17(3)4/h5-17,24,29H,1-4H3/b25-23-. The van der Waals surface area contributed by atoms with E-state index in [1.807, 2.05) is 55.6 Å². The highest BCUT2D eigenvalue weighted by molar-refractivity contribution is 7.10. The summed E-state index contributed by atoms with van der Waals surface area (Å²) in [6.07, 6.45) is -0.0343. The van der Waals surface area contributed by atoms with E-state index in [0.29, 0.717) is 22.9 Å². The number of thiophene rings is 1. The molecule has 2 aromatic carbocycles. The third-order valence-corrected chi connectivity index (χ3v) is 6.50. The average molecular weight is 462 g/mol. The Bertz CT molecular complexity index is 1190. The average Bonchev–Trinajstić information content (AvgIpc) is 3.40. The van der Waals surface area contributed by atoms with Crippen molar-refractivity contribution in [3.8, 4) is 5.75 Å². The molecule has 0 spiro atoms. The van der Waals surface area contributed by atoms with Crippen LogP contribution in [0, 0.1) is 0 Å². The number of amides is 1. The Kier molecular flexibility index (Phi) is 6.38. The van der Waals surface area contributed by atoms with Gasteiger partial charge in [-0.2, -0.15) is 0 Å². The lowest BCUT2D eigenvalue weighted by Gasteiger charge is -2.24. The molecular weight excluding hydrogens is 434 g/mol. The molecule has 1 fully saturated rings. The summed E-state index contributed by atoms with van der Waals surface area (Å²) in [6, 6.07) is 17.7. The van der Waals surface area contributed by atoms with Crippen LogP contribution in [-0.4, -0.2) is 22.9 Å². The van der Waals surface area contributed by atoms with Crippen LogP contribution in [0.15, 0.2) is 71.6 Å². The van der Waals surface area contributed by atoms with Gasteiger partial charge in [-0.05, 0) is 61.0 Å². The van der Waals surface area contributed by atoms with Crippen LogP contribution in [0.4, 0.5) is 5.69 Å². The van der Waals surface area contributed by atoms with Gasteiger partial charge in [0.05, 0.1) is 11.7 Å². The number of aliphatic hydroxyl groups is 1. The molecule has 0 aliphatic carbocycles. The van der Waals surface area contributed by atoms with Crippen molar-refractivity contribution in [1.29, 1.82) is 0 Å². The molecule has 1 amide bonds. The molecule has 0 bridgehead atoms. The van der Waals surface area contributed by atoms with E-state index in [1.165, 1.54) is 16.2 Å². The zero-order chi connectivity index (χ0) is 23.7. The number of anilines is 1. The predicted octanol–water partition coefficient (Wildman–Crippen LogP) is 6.29. The zero-order valence-corrected chi connectivity index (χ0v) is 19.9. The first kappa shape index (κ1) is 22.8. The zero-order valence-electron chi connectivity index (χ0n) is 19.1. The van der Waals surface area contributed by atoms with Gasteiger partial charge in [-0.25, -0.2) is 0 Å². The van der Waals surface area contributed by atoms with Gasteiger partial charge >= 0.3 is 0 Å². The fourth-order valence-electron chi connectivity index (χ4n) is 3.98. The molecule has 1 saturated heterocycles. The fourth-order valence-corrected chi connectivity index (χ4v) is 4.80. The van der Waals surface area contributed by atoms with E-state index in [4.69, 9.17) is 4.74 Å². The number of benzene rings is 2. The van der Waals surface area contributed by atoms with Gasteiger partial charge in [-0.15, -0.1) is 11.3 Å². The number of ether oxygens (including phenoxy) is 1. The van der Waals surface area contributed by atoms with Gasteiger partial charge in [-0.3, -0.25) is 14.5 Å². The van der Waals surface area contributed by atoms with Crippen molar-refractivity contribution >= 4 is 34.5 Å². The molecule has 33 heavy (non-hydrogen) atoms. The highest BCUT2D eigenvalue weighted by atomic mass is 32.1. The van der Waals surface area contributed by atoms with Crippen LogP contribution >= 0.6 is 11.3 Å². The summed E-state index contributed by atoms with van der Waals surface area (Å²) in [4.78, 5) is 28.7. The van der Waals surface area contributed by atoms with Crippen molar-refractivity contribution in [1.82, 2.24) is 0 Å². The molecule has 1 N–H and O–H groups in total. The Morgan fingerprint density at radius 2 is 1.73 bits per heavy atom. The van der Waals surface area contributed by atoms with Gasteiger partial charge < -0.3 is 9.84 Å². The van der Waals surface area contributed by atoms with E-state index in [-0.39, 0.29) is 17.4 Å². The number of rotatable bonds is 6. The maximum atomic E-state index is 13.2. The molecule has 6 heteroatoms. The van der Waals surface area contributed by atoms with Gasteiger partial charge in [0.2, 0.25) is 0 Å². The summed E-state index contributed by atoms with van der Waals surface area (Å²) in [7, 11) is 0. The molecule has 5 nitrogen and oxygen atoms in total. The number of Topliss-reactive ketones (excluding diaryl/α,β-unsaturated/α-hetero) is 1. The van der Waals surface area contributed by atoms with Crippen molar-refractivity contribution in [3.63, 3.8) is 0 Å². The van der Waals surface area contributed by atoms with Crippen LogP contribution in [0.2, 0.25) is 0 Å². The first-order valence-electron chi connectivity index (χ1n) is 11.0. The summed E-state index contributed by atoms with van der Waals surface area (Å²) in [5, 5.41) is 13.1. The summed E-state index contributed by atoms with van der Waals surface area (Å²) in [6.45, 7) is 8.03. The molecule has 0 radical (unpaired) electrons. The number of carbonyl (C=O) groups is 2. The Balaban J connectivity index is 1.84. The lowest BCUT2D eigenvalue weighted by Crippen LogP contribution is -2.29. The van der Waals surface area contributed by atoms with E-state index in [0.717, 1.165) is 10.4 Å². The Morgan fingerprint density at radius 3 is 2.33 bits per heavy atom. The minimum Gasteiger partial charge on any atom is -0.507 e. The Labute approximate surface area is 197 Å². The molecule has 4 rings (SSSR count). The Morgan fingerprint density at radius 1 is 1.00 bits per heavy atom. The van der Waals surface area contributed by atoms with Crippen molar-refractivity contribution in [2.75, 3.05) is 4.90 Å². The topological polar surface area (TPSA) is 66.8 Å². The van der Waals surface area contributed by atoms with E-state index in [9.17, 15) is 14.7 Å². The third kappa shape index (κ3) is 4.44. The molecule has 1 unspecified atom stereocenters. The molecule has 1 aliphatic heterocycles. The van der Waals surface area contributed by atoms with E-state index < -0.39 is 17.7 Å². The van der Waals surface area contributed by atoms with Crippen molar-refractivity contribution < 1.29 is 19.4 Å². The molecule has 1 aromatic heterocycles. The number of carbonyl (C=O) groups excluding carboxylic acids is 2. The van der Waals surface area contributed by atoms with Gasteiger partial charge in [0, 0.05) is 16.1 Å². The van der Waals surface area contributed by atoms with Crippen LogP contribution < -0.4 is 9.64 Å². The maximum absolute atomic E-state index is 13.2. The van der Waals surface area contributed by atoms with Crippen LogP contribution in [-0.2, 0) is 9.59 Å². The largest absolute Gasteiger partial charge is 0.507 e. The lowest BCUT2D eigenvalue weighted by atomic mass is 9.99. The Hall–Kier alpha value is -3.38. The number of hydrogen-bond acceptors (Lipinski definition) is 5. The van der Waals surface area contributed by atoms with Crippen LogP contribution in [0.1, 0.15) is 55.7 Å². The van der Waals surface area contributed by atoms with Crippen LogP contribution in [0.25, 0.3) is 5.76 Å². The van der Waals surface area contributed by atoms with Gasteiger partial charge in [0.1, 0.15) is 17.6 Å². The van der Waals surface area contributed by atoms with Crippen molar-refractivity contribution in [2.45, 2.75) is 45.8 Å². The highest BCUT2D eigenvalue weighted by Gasteiger charge is 2.47. The maximum Gasteiger partial charge on any atom is 0.300 e. The second-order valence-corrected chi connectivity index (χ2v) is 9.60. The second-order valence-electron chi connectivity index (χ2n) is 8.63. The van der Waals surface area contributed by atoms with Gasteiger partial charge in [-0.1, -0.05) is 44.2 Å². The first-order chi connectivity index (χ1) is 15.8. The molecule has 2 heterocycles. The minimum atomic E-state index is -0.704. The molecule has 1 aliphatic rings. The summed E-state index contributed by atoms with van der Waals surface area (Å²) < 4.78 is 5.74. The normalized spacial score (nSPS) is 17.9. The molecule has 3 aromatic rings. The van der Waals surface area contributed by atoms with Crippen molar-refractivity contribution in [3.05, 3.63) is 87.6 Å². The predicted molar refractivity (Wildman–Crippen MR) is 132 cm³/mol. The molecule has 170 valence electrons. The van der Waals surface area contributed by atoms with E-state index >= 15 is 0 Å². The SMILES string of the molecule is CC(C)Oc1cccc(/C(O)=C2/C(=O)C(=O)N(c3ccc(C(C)C)cc3)C2c2cccs2)c1. The van der Waals surface area contributed by atoms with Crippen LogP contribution in [0.5, 0.6) is 5.75 Å². The highest BCUT2D eigenvalue weighted by Crippen LogP contribution is 2.44. The smallest absolute Gasteiger partial charge is 0.300 e. The molecular formula is C27H27NO4S. The van der Waals surface area contributed by atoms with Crippen LogP contribution in [0.3, 0.4) is 0 Å². The summed E-state index contributed by atoms with van der Waals surface area (Å²) >= 11 is 1.44. The monoisotopic (exact) mass is 461 g/mol. The number of nitrogens with zero attached hydrogens (tertiary/aromatic N) is 1.